The molecule has 3 aromatic rings. The quantitative estimate of drug-likeness (QED) is 0.753. The molecule has 2 aromatic carbocycles. The molecular formula is C16H14FN3O3S. The lowest BCUT2D eigenvalue weighted by atomic mass is 10.1. The Labute approximate surface area is 138 Å². The number of aliphatic hydroxyl groups is 1. The molecule has 0 aliphatic heterocycles. The normalized spacial score (nSPS) is 11.6. The van der Waals surface area contributed by atoms with Crippen LogP contribution in [0.1, 0.15) is 5.69 Å². The molecule has 0 unspecified atom stereocenters. The van der Waals surface area contributed by atoms with E-state index >= 15 is 0 Å². The molecule has 3 N–H and O–H groups in total. The van der Waals surface area contributed by atoms with Crippen molar-refractivity contribution in [3.63, 3.8) is 0 Å². The van der Waals surface area contributed by atoms with Crippen molar-refractivity contribution in [2.75, 3.05) is 0 Å². The maximum Gasteiger partial charge on any atom is 0.238 e. The molecule has 0 atom stereocenters. The molecule has 0 saturated carbocycles. The Morgan fingerprint density at radius 1 is 1.08 bits per heavy atom. The minimum Gasteiger partial charge on any atom is -0.390 e. The predicted molar refractivity (Wildman–Crippen MR) is 86.3 cm³/mol. The lowest BCUT2D eigenvalue weighted by Gasteiger charge is -2.08. The van der Waals surface area contributed by atoms with Gasteiger partial charge < -0.3 is 5.11 Å². The number of rotatable bonds is 4. The number of aliphatic hydroxyl groups excluding tert-OH is 1. The van der Waals surface area contributed by atoms with E-state index in [2.05, 4.69) is 5.10 Å². The number of sulfonamides is 1. The predicted octanol–water partition coefficient (Wildman–Crippen LogP) is 1.82. The van der Waals surface area contributed by atoms with Crippen LogP contribution in [0.3, 0.4) is 0 Å². The molecule has 0 radical (unpaired) electrons. The van der Waals surface area contributed by atoms with Gasteiger partial charge in [-0.25, -0.2) is 22.6 Å². The molecule has 1 heterocycles. The number of nitrogens with two attached hydrogens (primary N) is 1. The molecule has 0 aliphatic carbocycles. The zero-order valence-corrected chi connectivity index (χ0v) is 13.2. The van der Waals surface area contributed by atoms with E-state index in [1.54, 1.807) is 35.0 Å². The van der Waals surface area contributed by atoms with Gasteiger partial charge in [0.2, 0.25) is 10.0 Å². The van der Waals surface area contributed by atoms with Crippen LogP contribution in [0.25, 0.3) is 16.9 Å². The summed E-state index contributed by atoms with van der Waals surface area (Å²) in [6.07, 6.45) is 0. The number of primary sulfonamides is 1. The molecule has 1 aromatic heterocycles. The third-order valence-corrected chi connectivity index (χ3v) is 4.40. The minimum atomic E-state index is -3.78. The highest BCUT2D eigenvalue weighted by atomic mass is 32.2. The maximum atomic E-state index is 13.1. The molecular weight excluding hydrogens is 332 g/mol. The molecule has 0 aliphatic rings. The molecule has 24 heavy (non-hydrogen) atoms. The van der Waals surface area contributed by atoms with E-state index in [0.717, 1.165) is 0 Å². The first-order chi connectivity index (χ1) is 11.4. The van der Waals surface area contributed by atoms with Gasteiger partial charge in [0.1, 0.15) is 5.82 Å². The Bertz CT molecular complexity index is 965. The standard InChI is InChI=1S/C16H14FN3O3S/c17-12-3-1-11(2-4-12)16-9-13(10-21)19-20(16)14-5-7-15(8-6-14)24(18,22)23/h1-9,21H,10H2,(H2,18,22,23)/i17-1. The second kappa shape index (κ2) is 6.16. The van der Waals surface area contributed by atoms with Crippen LogP contribution in [0.5, 0.6) is 0 Å². The Morgan fingerprint density at radius 3 is 2.25 bits per heavy atom. The fourth-order valence-electron chi connectivity index (χ4n) is 2.31. The van der Waals surface area contributed by atoms with Crippen molar-refractivity contribution in [1.82, 2.24) is 9.78 Å². The highest BCUT2D eigenvalue weighted by molar-refractivity contribution is 7.89. The Balaban J connectivity index is 2.10. The number of halogens is 1. The van der Waals surface area contributed by atoms with Gasteiger partial charge in [-0.05, 0) is 54.6 Å². The Hall–Kier alpha value is -2.55. The van der Waals surface area contributed by atoms with Crippen molar-refractivity contribution in [3.8, 4) is 16.9 Å². The number of benzene rings is 2. The summed E-state index contributed by atoms with van der Waals surface area (Å²) in [4.78, 5) is -0.0101. The van der Waals surface area contributed by atoms with E-state index in [4.69, 9.17) is 5.14 Å². The van der Waals surface area contributed by atoms with Crippen LogP contribution in [0.15, 0.2) is 59.5 Å². The van der Waals surface area contributed by atoms with Gasteiger partial charge in [-0.3, -0.25) is 0 Å². The number of hydrogen-bond donors (Lipinski definition) is 2. The Morgan fingerprint density at radius 2 is 1.71 bits per heavy atom. The fourth-order valence-corrected chi connectivity index (χ4v) is 2.82. The van der Waals surface area contributed by atoms with Gasteiger partial charge in [0.25, 0.3) is 0 Å². The monoisotopic (exact) mass is 346 g/mol. The first-order valence-corrected chi connectivity index (χ1v) is 8.52. The minimum absolute atomic E-state index is 0.0101. The van der Waals surface area contributed by atoms with Crippen LogP contribution < -0.4 is 5.14 Å². The van der Waals surface area contributed by atoms with Crippen molar-refractivity contribution < 1.29 is 17.9 Å². The van der Waals surface area contributed by atoms with Crippen LogP contribution in [-0.4, -0.2) is 23.3 Å². The summed E-state index contributed by atoms with van der Waals surface area (Å²) in [6.45, 7) is -0.254. The summed E-state index contributed by atoms with van der Waals surface area (Å²) < 4.78 is 37.3. The van der Waals surface area contributed by atoms with Gasteiger partial charge in [0, 0.05) is 5.56 Å². The maximum absolute atomic E-state index is 13.1. The number of aromatic nitrogens is 2. The van der Waals surface area contributed by atoms with Gasteiger partial charge in [-0.15, -0.1) is 0 Å². The molecule has 0 fully saturated rings. The number of nitrogens with zero attached hydrogens (tertiary/aromatic N) is 2. The first kappa shape index (κ1) is 16.3. The van der Waals surface area contributed by atoms with Gasteiger partial charge in [-0.2, -0.15) is 5.10 Å². The third-order valence-electron chi connectivity index (χ3n) is 3.47. The summed E-state index contributed by atoms with van der Waals surface area (Å²) in [5.41, 5.74) is 2.37. The lowest BCUT2D eigenvalue weighted by molar-refractivity contribution is 0.276. The van der Waals surface area contributed by atoms with E-state index < -0.39 is 10.0 Å². The first-order valence-electron chi connectivity index (χ1n) is 6.97. The molecule has 0 saturated heterocycles. The zero-order chi connectivity index (χ0) is 17.3. The summed E-state index contributed by atoms with van der Waals surface area (Å²) >= 11 is 0. The lowest BCUT2D eigenvalue weighted by Crippen LogP contribution is -2.12. The van der Waals surface area contributed by atoms with Crippen LogP contribution in [-0.2, 0) is 16.6 Å². The van der Waals surface area contributed by atoms with Crippen LogP contribution in [0.4, 0.5) is 4.39 Å². The summed E-state index contributed by atoms with van der Waals surface area (Å²) in [6, 6.07) is 13.4. The third kappa shape index (κ3) is 3.21. The molecule has 124 valence electrons. The second-order valence-electron chi connectivity index (χ2n) is 5.14. The van der Waals surface area contributed by atoms with Crippen LogP contribution >= 0.6 is 0 Å². The van der Waals surface area contributed by atoms with E-state index in [9.17, 15) is 17.9 Å². The van der Waals surface area contributed by atoms with Crippen LogP contribution in [0.2, 0.25) is 0 Å². The van der Waals surface area contributed by atoms with E-state index in [-0.39, 0.29) is 17.3 Å². The van der Waals surface area contributed by atoms with Crippen molar-refractivity contribution in [1.29, 1.82) is 0 Å². The average Bonchev–Trinajstić information content (AvgIpc) is 2.99. The van der Waals surface area contributed by atoms with Gasteiger partial charge >= 0.3 is 0 Å². The van der Waals surface area contributed by atoms with Crippen LogP contribution in [0, 0.1) is 5.82 Å². The highest BCUT2D eigenvalue weighted by Crippen LogP contribution is 2.25. The second-order valence-corrected chi connectivity index (χ2v) is 6.70. The SMILES string of the molecule is NS(=O)(=O)c1ccc(-n2nc(CO)cc2-c2ccc([18F])cc2)cc1. The van der Waals surface area contributed by atoms with E-state index in [1.807, 2.05) is 0 Å². The smallest absolute Gasteiger partial charge is 0.238 e. The molecule has 6 nitrogen and oxygen atoms in total. The zero-order valence-electron chi connectivity index (χ0n) is 12.4. The van der Waals surface area contributed by atoms with Crippen molar-refractivity contribution in [2.45, 2.75) is 11.5 Å². The van der Waals surface area contributed by atoms with Crippen molar-refractivity contribution in [3.05, 3.63) is 66.1 Å². The summed E-state index contributed by atoms with van der Waals surface area (Å²) in [5.74, 6) is -0.357. The number of hydrogen-bond acceptors (Lipinski definition) is 4. The fraction of sp³-hybridized carbons (Fsp3) is 0.0625. The summed E-state index contributed by atoms with van der Waals surface area (Å²) in [7, 11) is -3.78. The molecule has 3 rings (SSSR count). The van der Waals surface area contributed by atoms with Crippen molar-refractivity contribution >= 4 is 10.0 Å². The van der Waals surface area contributed by atoms with E-state index in [0.29, 0.717) is 22.6 Å². The highest BCUT2D eigenvalue weighted by Gasteiger charge is 2.13. The average molecular weight is 346 g/mol. The molecule has 0 bridgehead atoms. The summed E-state index contributed by atoms with van der Waals surface area (Å²) in [5, 5.41) is 18.7. The topological polar surface area (TPSA) is 98.2 Å². The molecule has 0 spiro atoms. The molecule has 0 amide bonds. The van der Waals surface area contributed by atoms with Gasteiger partial charge in [0.05, 0.1) is 28.6 Å². The van der Waals surface area contributed by atoms with Gasteiger partial charge in [-0.1, -0.05) is 0 Å². The van der Waals surface area contributed by atoms with E-state index in [1.165, 1.54) is 24.3 Å². The Kier molecular flexibility index (Phi) is 4.18. The largest absolute Gasteiger partial charge is 0.390 e. The van der Waals surface area contributed by atoms with Crippen molar-refractivity contribution in [2.24, 2.45) is 5.14 Å². The van der Waals surface area contributed by atoms with Gasteiger partial charge in [0.15, 0.2) is 0 Å². The molecule has 8 heteroatoms.